The van der Waals surface area contributed by atoms with Crippen molar-refractivity contribution in [3.63, 3.8) is 0 Å². The van der Waals surface area contributed by atoms with Gasteiger partial charge in [-0.3, -0.25) is 4.79 Å². The first-order chi connectivity index (χ1) is 5.24. The Morgan fingerprint density at radius 2 is 2.45 bits per heavy atom. The summed E-state index contributed by atoms with van der Waals surface area (Å²) in [5.74, 6) is 0.107. The first kappa shape index (κ1) is 8.43. The molecular formula is C8H11NOS. The number of aryl methyl sites for hydroxylation is 1. The number of hydrogen-bond acceptors (Lipinski definition) is 3. The van der Waals surface area contributed by atoms with Crippen LogP contribution in [0.25, 0.3) is 0 Å². The van der Waals surface area contributed by atoms with Gasteiger partial charge in [-0.2, -0.15) is 0 Å². The largest absolute Gasteiger partial charge is 0.324 e. The van der Waals surface area contributed by atoms with Gasteiger partial charge in [-0.25, -0.2) is 0 Å². The third kappa shape index (κ3) is 2.13. The van der Waals surface area contributed by atoms with Crippen molar-refractivity contribution >= 4 is 17.1 Å². The van der Waals surface area contributed by atoms with Crippen molar-refractivity contribution in [2.24, 2.45) is 5.73 Å². The monoisotopic (exact) mass is 169 g/mol. The van der Waals surface area contributed by atoms with Crippen LogP contribution in [0.2, 0.25) is 0 Å². The second-order valence-electron chi connectivity index (χ2n) is 2.45. The van der Waals surface area contributed by atoms with E-state index in [1.54, 1.807) is 11.3 Å². The van der Waals surface area contributed by atoms with E-state index >= 15 is 0 Å². The van der Waals surface area contributed by atoms with Crippen LogP contribution in [0, 0.1) is 6.92 Å². The molecule has 0 radical (unpaired) electrons. The van der Waals surface area contributed by atoms with Gasteiger partial charge in [0.15, 0.2) is 5.78 Å². The minimum absolute atomic E-state index is 0.107. The van der Waals surface area contributed by atoms with Crippen LogP contribution in [-0.2, 0) is 11.2 Å². The molecule has 0 aromatic carbocycles. The van der Waals surface area contributed by atoms with Crippen LogP contribution in [0.15, 0.2) is 11.4 Å². The number of rotatable bonds is 3. The molecule has 3 heteroatoms. The van der Waals surface area contributed by atoms with Crippen LogP contribution in [-0.4, -0.2) is 12.3 Å². The van der Waals surface area contributed by atoms with E-state index < -0.39 is 0 Å². The third-order valence-electron chi connectivity index (χ3n) is 1.55. The standard InChI is InChI=1S/C8H11NOS/c1-6-2-3-11-8(6)4-7(10)5-9/h2-3H,4-5,9H2,1H3. The Balaban J connectivity index is 2.64. The summed E-state index contributed by atoms with van der Waals surface area (Å²) in [6.45, 7) is 2.16. The molecular weight excluding hydrogens is 158 g/mol. The fraction of sp³-hybridized carbons (Fsp3) is 0.375. The quantitative estimate of drug-likeness (QED) is 0.737. The first-order valence-electron chi connectivity index (χ1n) is 3.48. The molecule has 1 heterocycles. The van der Waals surface area contributed by atoms with Crippen molar-refractivity contribution in [2.45, 2.75) is 13.3 Å². The molecule has 0 unspecified atom stereocenters. The van der Waals surface area contributed by atoms with Gasteiger partial charge in [-0.05, 0) is 23.9 Å². The highest BCUT2D eigenvalue weighted by atomic mass is 32.1. The number of carbonyl (C=O) groups excluding carboxylic acids is 1. The van der Waals surface area contributed by atoms with Gasteiger partial charge in [0, 0.05) is 11.3 Å². The average molecular weight is 169 g/mol. The highest BCUT2D eigenvalue weighted by Crippen LogP contribution is 2.15. The van der Waals surface area contributed by atoms with Crippen molar-refractivity contribution < 1.29 is 4.79 Å². The maximum Gasteiger partial charge on any atom is 0.151 e. The molecule has 0 aliphatic heterocycles. The number of carbonyl (C=O) groups is 1. The van der Waals surface area contributed by atoms with Crippen LogP contribution in [0.5, 0.6) is 0 Å². The van der Waals surface area contributed by atoms with E-state index in [-0.39, 0.29) is 12.3 Å². The highest BCUT2D eigenvalue weighted by Gasteiger charge is 2.04. The van der Waals surface area contributed by atoms with Crippen molar-refractivity contribution in [1.29, 1.82) is 0 Å². The van der Waals surface area contributed by atoms with Crippen LogP contribution in [0.4, 0.5) is 0 Å². The van der Waals surface area contributed by atoms with Gasteiger partial charge < -0.3 is 5.73 Å². The Morgan fingerprint density at radius 1 is 1.73 bits per heavy atom. The number of ketones is 1. The average Bonchev–Trinajstić information content (AvgIpc) is 2.37. The molecule has 0 spiro atoms. The van der Waals surface area contributed by atoms with E-state index in [1.165, 1.54) is 5.56 Å². The molecule has 0 fully saturated rings. The summed E-state index contributed by atoms with van der Waals surface area (Å²) in [5, 5.41) is 1.99. The van der Waals surface area contributed by atoms with E-state index in [9.17, 15) is 4.79 Å². The van der Waals surface area contributed by atoms with Crippen molar-refractivity contribution in [2.75, 3.05) is 6.54 Å². The number of thiophene rings is 1. The molecule has 11 heavy (non-hydrogen) atoms. The Morgan fingerprint density at radius 3 is 2.91 bits per heavy atom. The number of Topliss-reactive ketones (excluding diaryl/α,β-unsaturated/α-hetero) is 1. The van der Waals surface area contributed by atoms with Gasteiger partial charge in [0.05, 0.1) is 6.54 Å². The lowest BCUT2D eigenvalue weighted by molar-refractivity contribution is -0.117. The molecule has 0 aliphatic carbocycles. The van der Waals surface area contributed by atoms with Gasteiger partial charge in [-0.15, -0.1) is 11.3 Å². The van der Waals surface area contributed by atoms with E-state index in [0.29, 0.717) is 6.42 Å². The fourth-order valence-corrected chi connectivity index (χ4v) is 1.77. The lowest BCUT2D eigenvalue weighted by Crippen LogP contribution is -2.15. The number of nitrogens with two attached hydrogens (primary N) is 1. The Kier molecular flexibility index (Phi) is 2.79. The van der Waals surface area contributed by atoms with Gasteiger partial charge in [0.25, 0.3) is 0 Å². The maximum atomic E-state index is 10.9. The molecule has 1 rings (SSSR count). The zero-order chi connectivity index (χ0) is 8.27. The second-order valence-corrected chi connectivity index (χ2v) is 3.45. The van der Waals surface area contributed by atoms with Crippen molar-refractivity contribution in [1.82, 2.24) is 0 Å². The Hall–Kier alpha value is -0.670. The summed E-state index contributed by atoms with van der Waals surface area (Å²) in [7, 11) is 0. The molecule has 1 aromatic heterocycles. The van der Waals surface area contributed by atoms with Gasteiger partial charge in [0.1, 0.15) is 0 Å². The molecule has 0 saturated heterocycles. The van der Waals surface area contributed by atoms with Crippen LogP contribution in [0.1, 0.15) is 10.4 Å². The molecule has 0 saturated carbocycles. The summed E-state index contributed by atoms with van der Waals surface area (Å²) >= 11 is 1.62. The normalized spacial score (nSPS) is 10.0. The molecule has 2 nitrogen and oxygen atoms in total. The van der Waals surface area contributed by atoms with Gasteiger partial charge in [0.2, 0.25) is 0 Å². The molecule has 0 atom stereocenters. The second kappa shape index (κ2) is 3.64. The summed E-state index contributed by atoms with van der Waals surface area (Å²) in [4.78, 5) is 12.1. The SMILES string of the molecule is Cc1ccsc1CC(=O)CN. The zero-order valence-corrected chi connectivity index (χ0v) is 7.28. The van der Waals surface area contributed by atoms with Crippen LogP contribution >= 0.6 is 11.3 Å². The van der Waals surface area contributed by atoms with Gasteiger partial charge in [-0.1, -0.05) is 0 Å². The lowest BCUT2D eigenvalue weighted by atomic mass is 10.2. The minimum atomic E-state index is 0.107. The van der Waals surface area contributed by atoms with E-state index in [1.807, 2.05) is 18.4 Å². The van der Waals surface area contributed by atoms with Crippen molar-refractivity contribution in [3.8, 4) is 0 Å². The predicted molar refractivity (Wildman–Crippen MR) is 46.8 cm³/mol. The molecule has 0 bridgehead atoms. The smallest absolute Gasteiger partial charge is 0.151 e. The first-order valence-corrected chi connectivity index (χ1v) is 4.36. The number of hydrogen-bond donors (Lipinski definition) is 1. The zero-order valence-electron chi connectivity index (χ0n) is 6.46. The summed E-state index contributed by atoms with van der Waals surface area (Å²) in [6.07, 6.45) is 0.500. The predicted octanol–water partition coefficient (Wildman–Crippen LogP) is 1.13. The maximum absolute atomic E-state index is 10.9. The van der Waals surface area contributed by atoms with E-state index in [0.717, 1.165) is 4.88 Å². The summed E-state index contributed by atoms with van der Waals surface area (Å²) < 4.78 is 0. The van der Waals surface area contributed by atoms with Crippen molar-refractivity contribution in [3.05, 3.63) is 21.9 Å². The van der Waals surface area contributed by atoms with E-state index in [2.05, 4.69) is 0 Å². The van der Waals surface area contributed by atoms with Crippen LogP contribution < -0.4 is 5.73 Å². The Bertz CT molecular complexity index is 254. The molecule has 0 aliphatic rings. The van der Waals surface area contributed by atoms with Gasteiger partial charge >= 0.3 is 0 Å². The Labute approximate surface area is 70.0 Å². The summed E-state index contributed by atoms with van der Waals surface area (Å²) in [5.41, 5.74) is 6.39. The molecule has 1 aromatic rings. The molecule has 2 N–H and O–H groups in total. The fourth-order valence-electron chi connectivity index (χ4n) is 0.836. The summed E-state index contributed by atoms with van der Waals surface area (Å²) in [6, 6.07) is 2.02. The van der Waals surface area contributed by atoms with E-state index in [4.69, 9.17) is 5.73 Å². The lowest BCUT2D eigenvalue weighted by Gasteiger charge is -1.95. The third-order valence-corrected chi connectivity index (χ3v) is 2.58. The molecule has 60 valence electrons. The van der Waals surface area contributed by atoms with Crippen LogP contribution in [0.3, 0.4) is 0 Å². The highest BCUT2D eigenvalue weighted by molar-refractivity contribution is 7.10. The topological polar surface area (TPSA) is 43.1 Å². The minimum Gasteiger partial charge on any atom is -0.324 e. The molecule has 0 amide bonds.